The third-order valence-electron chi connectivity index (χ3n) is 3.44. The Labute approximate surface area is 114 Å². The Bertz CT molecular complexity index is 382. The van der Waals surface area contributed by atoms with E-state index in [0.29, 0.717) is 0 Å². The minimum atomic E-state index is 0.234. The van der Waals surface area contributed by atoms with Crippen molar-refractivity contribution in [1.29, 1.82) is 0 Å². The van der Waals surface area contributed by atoms with Crippen LogP contribution in [0.25, 0.3) is 0 Å². The summed E-state index contributed by atoms with van der Waals surface area (Å²) in [6.07, 6.45) is 0.840. The van der Waals surface area contributed by atoms with E-state index in [1.165, 1.54) is 0 Å². The largest absolute Gasteiger partial charge is 0.395 e. The number of β-amino-alcohol motifs (C(OH)–C–C–N with tert-alkyl or cyclic N) is 1. The summed E-state index contributed by atoms with van der Waals surface area (Å²) in [6, 6.07) is 2.00. The minimum Gasteiger partial charge on any atom is -0.395 e. The minimum absolute atomic E-state index is 0.234. The van der Waals surface area contributed by atoms with E-state index in [9.17, 15) is 0 Å². The zero-order chi connectivity index (χ0) is 13.7. The van der Waals surface area contributed by atoms with E-state index in [4.69, 9.17) is 5.11 Å². The first-order valence-corrected chi connectivity index (χ1v) is 6.90. The summed E-state index contributed by atoms with van der Waals surface area (Å²) in [7, 11) is 1.88. The molecule has 1 aliphatic heterocycles. The molecule has 0 aromatic carbocycles. The molecule has 0 bridgehead atoms. The highest BCUT2D eigenvalue weighted by molar-refractivity contribution is 5.49. The van der Waals surface area contributed by atoms with Gasteiger partial charge in [-0.2, -0.15) is 0 Å². The highest BCUT2D eigenvalue weighted by Crippen LogP contribution is 2.17. The van der Waals surface area contributed by atoms with E-state index in [1.54, 1.807) is 0 Å². The molecule has 0 saturated carbocycles. The monoisotopic (exact) mass is 265 g/mol. The van der Waals surface area contributed by atoms with Gasteiger partial charge in [0.05, 0.1) is 6.61 Å². The van der Waals surface area contributed by atoms with Gasteiger partial charge in [-0.15, -0.1) is 0 Å². The smallest absolute Gasteiger partial charge is 0.134 e. The maximum atomic E-state index is 8.95. The van der Waals surface area contributed by atoms with Gasteiger partial charge in [0, 0.05) is 52.3 Å². The van der Waals surface area contributed by atoms with Gasteiger partial charge in [0.15, 0.2) is 0 Å². The van der Waals surface area contributed by atoms with Crippen LogP contribution in [0.3, 0.4) is 0 Å². The average Bonchev–Trinajstić information content (AvgIpc) is 2.47. The number of aromatic nitrogens is 2. The Kier molecular flexibility index (Phi) is 4.93. The molecule has 1 aromatic heterocycles. The van der Waals surface area contributed by atoms with E-state index >= 15 is 0 Å². The topological polar surface area (TPSA) is 64.5 Å². The zero-order valence-corrected chi connectivity index (χ0v) is 11.8. The quantitative estimate of drug-likeness (QED) is 0.792. The summed E-state index contributed by atoms with van der Waals surface area (Å²) in [5, 5.41) is 12.0. The lowest BCUT2D eigenvalue weighted by Crippen LogP contribution is -2.47. The van der Waals surface area contributed by atoms with Crippen molar-refractivity contribution in [2.24, 2.45) is 0 Å². The Balaban J connectivity index is 2.06. The van der Waals surface area contributed by atoms with Crippen molar-refractivity contribution in [2.75, 3.05) is 56.6 Å². The highest BCUT2D eigenvalue weighted by atomic mass is 16.3. The number of rotatable bonds is 5. The molecule has 1 aliphatic rings. The first kappa shape index (κ1) is 14.0. The molecule has 0 aliphatic carbocycles. The van der Waals surface area contributed by atoms with Gasteiger partial charge < -0.3 is 15.3 Å². The third kappa shape index (κ3) is 3.54. The third-order valence-corrected chi connectivity index (χ3v) is 3.44. The summed E-state index contributed by atoms with van der Waals surface area (Å²) in [6.45, 7) is 6.91. The molecule has 0 radical (unpaired) electrons. The summed E-state index contributed by atoms with van der Waals surface area (Å²) in [5.74, 6) is 2.75. The molecule has 2 rings (SSSR count). The lowest BCUT2D eigenvalue weighted by molar-refractivity contribution is 0.188. The second kappa shape index (κ2) is 6.68. The second-order valence-corrected chi connectivity index (χ2v) is 4.68. The van der Waals surface area contributed by atoms with Crippen LogP contribution in [0.15, 0.2) is 6.07 Å². The van der Waals surface area contributed by atoms with E-state index in [2.05, 4.69) is 32.0 Å². The molecular formula is C13H23N5O. The van der Waals surface area contributed by atoms with Gasteiger partial charge in [-0.3, -0.25) is 4.90 Å². The van der Waals surface area contributed by atoms with Crippen molar-refractivity contribution in [3.05, 3.63) is 11.9 Å². The molecule has 6 nitrogen and oxygen atoms in total. The van der Waals surface area contributed by atoms with Gasteiger partial charge in [0.25, 0.3) is 0 Å². The number of aryl methyl sites for hydroxylation is 1. The molecule has 0 spiro atoms. The predicted octanol–water partition coefficient (Wildman–Crippen LogP) is 0.195. The Morgan fingerprint density at radius 1 is 1.26 bits per heavy atom. The molecule has 1 saturated heterocycles. The number of aliphatic hydroxyl groups excluding tert-OH is 1. The van der Waals surface area contributed by atoms with Gasteiger partial charge in [-0.1, -0.05) is 6.92 Å². The van der Waals surface area contributed by atoms with Crippen molar-refractivity contribution in [1.82, 2.24) is 14.9 Å². The molecular weight excluding hydrogens is 242 g/mol. The summed E-state index contributed by atoms with van der Waals surface area (Å²) in [4.78, 5) is 13.6. The molecule has 106 valence electrons. The number of nitrogens with zero attached hydrogens (tertiary/aromatic N) is 4. The van der Waals surface area contributed by atoms with Crippen LogP contribution in [0.2, 0.25) is 0 Å². The van der Waals surface area contributed by atoms with Crippen LogP contribution in [-0.4, -0.2) is 66.4 Å². The fourth-order valence-corrected chi connectivity index (χ4v) is 2.27. The first-order chi connectivity index (χ1) is 9.26. The van der Waals surface area contributed by atoms with Crippen LogP contribution in [-0.2, 0) is 6.42 Å². The van der Waals surface area contributed by atoms with Crippen LogP contribution in [0.5, 0.6) is 0 Å². The highest BCUT2D eigenvalue weighted by Gasteiger charge is 2.18. The standard InChI is InChI=1S/C13H23N5O/c1-3-11-15-12(14-2)10-13(16-11)18-6-4-17(5-7-18)8-9-19/h10,19H,3-9H2,1-2H3,(H,14,15,16). The van der Waals surface area contributed by atoms with Crippen LogP contribution in [0, 0.1) is 0 Å². The number of nitrogens with one attached hydrogen (secondary N) is 1. The first-order valence-electron chi connectivity index (χ1n) is 6.90. The summed E-state index contributed by atoms with van der Waals surface area (Å²) in [5.41, 5.74) is 0. The average molecular weight is 265 g/mol. The van der Waals surface area contributed by atoms with E-state index in [0.717, 1.165) is 56.6 Å². The van der Waals surface area contributed by atoms with Gasteiger partial charge >= 0.3 is 0 Å². The summed E-state index contributed by atoms with van der Waals surface area (Å²) < 4.78 is 0. The van der Waals surface area contributed by atoms with Gasteiger partial charge in [0.2, 0.25) is 0 Å². The van der Waals surface area contributed by atoms with E-state index in [1.807, 2.05) is 13.1 Å². The SMILES string of the molecule is CCc1nc(NC)cc(N2CCN(CCO)CC2)n1. The predicted molar refractivity (Wildman–Crippen MR) is 76.7 cm³/mol. The lowest BCUT2D eigenvalue weighted by atomic mass is 10.3. The Hall–Kier alpha value is -1.40. The maximum Gasteiger partial charge on any atom is 0.134 e. The maximum absolute atomic E-state index is 8.95. The second-order valence-electron chi connectivity index (χ2n) is 4.68. The normalized spacial score (nSPS) is 16.7. The van der Waals surface area contributed by atoms with Crippen molar-refractivity contribution < 1.29 is 5.11 Å². The van der Waals surface area contributed by atoms with Crippen LogP contribution in [0.1, 0.15) is 12.7 Å². The van der Waals surface area contributed by atoms with Crippen molar-refractivity contribution in [3.8, 4) is 0 Å². The Morgan fingerprint density at radius 3 is 2.58 bits per heavy atom. The number of piperazine rings is 1. The molecule has 2 N–H and O–H groups in total. The molecule has 19 heavy (non-hydrogen) atoms. The van der Waals surface area contributed by atoms with Gasteiger partial charge in [-0.05, 0) is 0 Å². The van der Waals surface area contributed by atoms with E-state index in [-0.39, 0.29) is 6.61 Å². The van der Waals surface area contributed by atoms with Crippen molar-refractivity contribution in [2.45, 2.75) is 13.3 Å². The number of hydrogen-bond donors (Lipinski definition) is 2. The fraction of sp³-hybridized carbons (Fsp3) is 0.692. The van der Waals surface area contributed by atoms with Crippen LogP contribution >= 0.6 is 0 Å². The molecule has 1 aromatic rings. The van der Waals surface area contributed by atoms with E-state index < -0.39 is 0 Å². The van der Waals surface area contributed by atoms with Crippen molar-refractivity contribution in [3.63, 3.8) is 0 Å². The molecule has 0 atom stereocenters. The van der Waals surface area contributed by atoms with Crippen LogP contribution < -0.4 is 10.2 Å². The lowest BCUT2D eigenvalue weighted by Gasteiger charge is -2.35. The number of anilines is 2. The fourth-order valence-electron chi connectivity index (χ4n) is 2.27. The van der Waals surface area contributed by atoms with Crippen LogP contribution in [0.4, 0.5) is 11.6 Å². The molecule has 1 fully saturated rings. The number of aliphatic hydroxyl groups is 1. The molecule has 2 heterocycles. The molecule has 0 amide bonds. The molecule has 0 unspecified atom stereocenters. The molecule has 6 heteroatoms. The Morgan fingerprint density at radius 2 is 2.00 bits per heavy atom. The number of hydrogen-bond acceptors (Lipinski definition) is 6. The van der Waals surface area contributed by atoms with Crippen molar-refractivity contribution >= 4 is 11.6 Å². The van der Waals surface area contributed by atoms with Gasteiger partial charge in [0.1, 0.15) is 17.5 Å². The summed E-state index contributed by atoms with van der Waals surface area (Å²) >= 11 is 0. The van der Waals surface area contributed by atoms with Gasteiger partial charge in [-0.25, -0.2) is 9.97 Å². The zero-order valence-electron chi connectivity index (χ0n) is 11.8.